The molecule has 0 aliphatic heterocycles. The van der Waals surface area contributed by atoms with Crippen LogP contribution < -0.4 is 5.32 Å². The molecule has 0 atom stereocenters. The zero-order valence-electron chi connectivity index (χ0n) is 15.3. The molecule has 144 valence electrons. The number of aryl methyl sites for hydroxylation is 1. The van der Waals surface area contributed by atoms with Gasteiger partial charge in [0.25, 0.3) is 5.91 Å². The Hall–Kier alpha value is -2.80. The molecule has 2 rings (SSSR count). The number of halogens is 1. The maximum atomic E-state index is 12.2. The summed E-state index contributed by atoms with van der Waals surface area (Å²) in [4.78, 5) is 38.9. The number of amides is 1. The summed E-state index contributed by atoms with van der Waals surface area (Å²) in [5, 5.41) is 3.21. The van der Waals surface area contributed by atoms with Gasteiger partial charge in [-0.2, -0.15) is 0 Å². The molecule has 0 saturated heterocycles. The minimum atomic E-state index is -0.718. The number of benzene rings is 1. The molecule has 27 heavy (non-hydrogen) atoms. The zero-order chi connectivity index (χ0) is 20.0. The summed E-state index contributed by atoms with van der Waals surface area (Å²) >= 11 is 5.88. The number of aromatic amines is 1. The monoisotopic (exact) mass is 392 g/mol. The summed E-state index contributed by atoms with van der Waals surface area (Å²) < 4.78 is 10.0. The Bertz CT molecular complexity index is 860. The average molecular weight is 393 g/mol. The first-order valence-corrected chi connectivity index (χ1v) is 8.75. The van der Waals surface area contributed by atoms with E-state index in [0.717, 1.165) is 5.56 Å². The van der Waals surface area contributed by atoms with Crippen LogP contribution in [0.2, 0.25) is 5.02 Å². The molecule has 0 bridgehead atoms. The minimum Gasteiger partial charge on any atom is -0.462 e. The molecule has 2 N–H and O–H groups in total. The Morgan fingerprint density at radius 3 is 2.56 bits per heavy atom. The van der Waals surface area contributed by atoms with Gasteiger partial charge in [-0.05, 0) is 44.0 Å². The van der Waals surface area contributed by atoms with Crippen LogP contribution in [0.25, 0.3) is 0 Å². The molecule has 0 unspecified atom stereocenters. The summed E-state index contributed by atoms with van der Waals surface area (Å²) in [6, 6.07) is 7.07. The molecule has 1 aromatic carbocycles. The summed E-state index contributed by atoms with van der Waals surface area (Å²) in [5.74, 6) is -1.68. The lowest BCUT2D eigenvalue weighted by atomic mass is 10.1. The topological polar surface area (TPSA) is 97.5 Å². The molecule has 2 aromatic rings. The van der Waals surface area contributed by atoms with Crippen molar-refractivity contribution in [2.75, 3.05) is 13.2 Å². The highest BCUT2D eigenvalue weighted by Crippen LogP contribution is 2.19. The van der Waals surface area contributed by atoms with Gasteiger partial charge in [-0.1, -0.05) is 23.7 Å². The van der Waals surface area contributed by atoms with Crippen molar-refractivity contribution < 1.29 is 23.9 Å². The van der Waals surface area contributed by atoms with Crippen LogP contribution in [0.5, 0.6) is 0 Å². The Labute approximate surface area is 162 Å². The number of ether oxygens (including phenoxy) is 2. The number of rotatable bonds is 7. The van der Waals surface area contributed by atoms with Crippen molar-refractivity contribution in [3.05, 3.63) is 57.4 Å². The fourth-order valence-electron chi connectivity index (χ4n) is 2.57. The van der Waals surface area contributed by atoms with Crippen molar-refractivity contribution in [2.45, 2.75) is 27.3 Å². The van der Waals surface area contributed by atoms with Gasteiger partial charge in [0.15, 0.2) is 6.61 Å². The number of aromatic nitrogens is 1. The van der Waals surface area contributed by atoms with Gasteiger partial charge in [0.05, 0.1) is 12.2 Å². The van der Waals surface area contributed by atoms with E-state index in [1.165, 1.54) is 0 Å². The molecular weight excluding hydrogens is 372 g/mol. The van der Waals surface area contributed by atoms with Crippen LogP contribution in [0.4, 0.5) is 0 Å². The first-order valence-electron chi connectivity index (χ1n) is 8.38. The van der Waals surface area contributed by atoms with Gasteiger partial charge in [0.1, 0.15) is 5.69 Å². The first-order chi connectivity index (χ1) is 12.8. The highest BCUT2D eigenvalue weighted by atomic mass is 35.5. The first kappa shape index (κ1) is 20.5. The molecule has 7 nitrogen and oxygen atoms in total. The Balaban J connectivity index is 1.92. The van der Waals surface area contributed by atoms with E-state index in [2.05, 4.69) is 10.3 Å². The predicted octanol–water partition coefficient (Wildman–Crippen LogP) is 2.93. The number of nitrogens with one attached hydrogen (secondary N) is 2. The van der Waals surface area contributed by atoms with Crippen molar-refractivity contribution >= 4 is 29.4 Å². The fourth-order valence-corrected chi connectivity index (χ4v) is 2.78. The van der Waals surface area contributed by atoms with Gasteiger partial charge in [0, 0.05) is 17.3 Å². The van der Waals surface area contributed by atoms with Gasteiger partial charge in [-0.15, -0.1) is 0 Å². The van der Waals surface area contributed by atoms with Crippen LogP contribution in [0.1, 0.15) is 44.6 Å². The van der Waals surface area contributed by atoms with E-state index >= 15 is 0 Å². The lowest BCUT2D eigenvalue weighted by molar-refractivity contribution is -0.124. The largest absolute Gasteiger partial charge is 0.462 e. The molecule has 0 aliphatic carbocycles. The van der Waals surface area contributed by atoms with E-state index in [-0.39, 0.29) is 18.8 Å². The van der Waals surface area contributed by atoms with E-state index in [0.29, 0.717) is 21.8 Å². The third kappa shape index (κ3) is 5.34. The van der Waals surface area contributed by atoms with E-state index in [9.17, 15) is 14.4 Å². The Kier molecular flexibility index (Phi) is 7.01. The molecule has 1 heterocycles. The third-order valence-corrected chi connectivity index (χ3v) is 4.07. The van der Waals surface area contributed by atoms with Gasteiger partial charge in [-0.25, -0.2) is 9.59 Å². The van der Waals surface area contributed by atoms with E-state index in [4.69, 9.17) is 21.1 Å². The molecule has 0 fully saturated rings. The smallest absolute Gasteiger partial charge is 0.355 e. The van der Waals surface area contributed by atoms with Crippen molar-refractivity contribution in [1.82, 2.24) is 10.3 Å². The predicted molar refractivity (Wildman–Crippen MR) is 99.8 cm³/mol. The fraction of sp³-hybridized carbons (Fsp3) is 0.316. The van der Waals surface area contributed by atoms with Crippen LogP contribution in [-0.2, 0) is 20.8 Å². The molecule has 8 heteroatoms. The summed E-state index contributed by atoms with van der Waals surface area (Å²) in [7, 11) is 0. The van der Waals surface area contributed by atoms with Gasteiger partial charge >= 0.3 is 11.9 Å². The SMILES string of the molecule is CCOC(=O)c1c(C)[nH]c(C(=O)OCC(=O)NCc2cccc(Cl)c2)c1C. The number of carbonyl (C=O) groups excluding carboxylic acids is 3. The summed E-state index contributed by atoms with van der Waals surface area (Å²) in [6.45, 7) is 5.04. The highest BCUT2D eigenvalue weighted by molar-refractivity contribution is 6.30. The van der Waals surface area contributed by atoms with Gasteiger partial charge < -0.3 is 19.8 Å². The molecule has 0 aliphatic rings. The van der Waals surface area contributed by atoms with Crippen molar-refractivity contribution in [3.8, 4) is 0 Å². The second-order valence-corrected chi connectivity index (χ2v) is 6.26. The second-order valence-electron chi connectivity index (χ2n) is 5.83. The van der Waals surface area contributed by atoms with E-state index in [1.54, 1.807) is 39.0 Å². The second kappa shape index (κ2) is 9.23. The van der Waals surface area contributed by atoms with Crippen molar-refractivity contribution in [1.29, 1.82) is 0 Å². The van der Waals surface area contributed by atoms with Crippen LogP contribution in [-0.4, -0.2) is 36.0 Å². The Morgan fingerprint density at radius 2 is 1.89 bits per heavy atom. The zero-order valence-corrected chi connectivity index (χ0v) is 16.1. The molecule has 0 spiro atoms. The van der Waals surface area contributed by atoms with Crippen LogP contribution >= 0.6 is 11.6 Å². The Morgan fingerprint density at radius 1 is 1.15 bits per heavy atom. The number of carbonyl (C=O) groups is 3. The summed E-state index contributed by atoms with van der Waals surface area (Å²) in [5.41, 5.74) is 2.18. The number of hydrogen-bond donors (Lipinski definition) is 2. The molecular formula is C19H21ClN2O5. The maximum Gasteiger partial charge on any atom is 0.355 e. The highest BCUT2D eigenvalue weighted by Gasteiger charge is 2.24. The number of esters is 2. The van der Waals surface area contributed by atoms with E-state index in [1.807, 2.05) is 6.07 Å². The molecule has 1 amide bonds. The third-order valence-electron chi connectivity index (χ3n) is 3.83. The summed E-state index contributed by atoms with van der Waals surface area (Å²) in [6.07, 6.45) is 0. The van der Waals surface area contributed by atoms with Gasteiger partial charge in [-0.3, -0.25) is 4.79 Å². The van der Waals surface area contributed by atoms with Crippen molar-refractivity contribution in [3.63, 3.8) is 0 Å². The van der Waals surface area contributed by atoms with Crippen LogP contribution in [0.15, 0.2) is 24.3 Å². The molecule has 0 radical (unpaired) electrons. The maximum absolute atomic E-state index is 12.2. The lowest BCUT2D eigenvalue weighted by Gasteiger charge is -2.07. The minimum absolute atomic E-state index is 0.123. The standard InChI is InChI=1S/C19H21ClN2O5/c1-4-26-18(24)16-11(2)17(22-12(16)3)19(25)27-10-15(23)21-9-13-6-5-7-14(20)8-13/h5-8,22H,4,9-10H2,1-3H3,(H,21,23). The average Bonchev–Trinajstić information content (AvgIpc) is 2.92. The number of hydrogen-bond acceptors (Lipinski definition) is 5. The molecule has 0 saturated carbocycles. The van der Waals surface area contributed by atoms with Crippen LogP contribution in [0.3, 0.4) is 0 Å². The van der Waals surface area contributed by atoms with Crippen molar-refractivity contribution in [2.24, 2.45) is 0 Å². The lowest BCUT2D eigenvalue weighted by Crippen LogP contribution is -2.28. The van der Waals surface area contributed by atoms with Gasteiger partial charge in [0.2, 0.25) is 0 Å². The van der Waals surface area contributed by atoms with Crippen LogP contribution in [0, 0.1) is 13.8 Å². The number of H-pyrrole nitrogens is 1. The quantitative estimate of drug-likeness (QED) is 0.706. The molecule has 1 aromatic heterocycles. The van der Waals surface area contributed by atoms with E-state index < -0.39 is 24.5 Å². The normalized spacial score (nSPS) is 10.4.